The molecule has 7 nitrogen and oxygen atoms in total. The number of imide groups is 2. The van der Waals surface area contributed by atoms with E-state index in [9.17, 15) is 14.4 Å². The summed E-state index contributed by atoms with van der Waals surface area (Å²) in [5.74, 6) is 0.747. The minimum atomic E-state index is -0.644. The Morgan fingerprint density at radius 3 is 1.75 bits per heavy atom. The molecule has 168 valence electrons. The van der Waals surface area contributed by atoms with Gasteiger partial charge in [-0.25, -0.2) is 4.79 Å². The highest BCUT2D eigenvalue weighted by Gasteiger charge is 2.37. The topological polar surface area (TPSA) is 76.2 Å². The maximum absolute atomic E-state index is 12.3. The number of carbonyl (C=O) groups is 3. The van der Waals surface area contributed by atoms with E-state index in [-0.39, 0.29) is 5.57 Å². The van der Waals surface area contributed by atoms with Gasteiger partial charge in [-0.3, -0.25) is 19.4 Å². The predicted molar refractivity (Wildman–Crippen MR) is 121 cm³/mol. The Bertz CT molecular complexity index is 986. The van der Waals surface area contributed by atoms with E-state index in [2.05, 4.69) is 26.0 Å². The van der Waals surface area contributed by atoms with Crippen molar-refractivity contribution < 1.29 is 23.9 Å². The molecule has 2 aromatic rings. The Labute approximate surface area is 188 Å². The fourth-order valence-corrected chi connectivity index (χ4v) is 3.25. The number of rotatable bonds is 8. The second-order valence-electron chi connectivity index (χ2n) is 7.71. The van der Waals surface area contributed by atoms with Gasteiger partial charge in [0.15, 0.2) is 0 Å². The zero-order chi connectivity index (χ0) is 23.3. The van der Waals surface area contributed by atoms with Crippen LogP contribution in [0.3, 0.4) is 0 Å². The molecule has 3 rings (SSSR count). The van der Waals surface area contributed by atoms with Crippen LogP contribution in [0, 0.1) is 0 Å². The van der Waals surface area contributed by atoms with Crippen LogP contribution in [0.15, 0.2) is 54.1 Å². The second-order valence-corrected chi connectivity index (χ2v) is 7.71. The van der Waals surface area contributed by atoms with Crippen molar-refractivity contribution >= 4 is 23.9 Å². The van der Waals surface area contributed by atoms with Crippen molar-refractivity contribution in [2.75, 3.05) is 27.3 Å². The van der Waals surface area contributed by atoms with E-state index in [0.717, 1.165) is 22.0 Å². The van der Waals surface area contributed by atoms with Crippen LogP contribution in [0.1, 0.15) is 37.3 Å². The lowest BCUT2D eigenvalue weighted by Crippen LogP contribution is -2.52. The molecule has 0 spiro atoms. The summed E-state index contributed by atoms with van der Waals surface area (Å²) in [7, 11) is 2.70. The third kappa shape index (κ3) is 5.17. The standard InChI is InChI=1S/C25H28N2O5/c1-5-17(2)19-8-12-21(13-9-19)32-15-14-31-20-10-6-18(7-11-20)16-22-23(28)26(3)25(30)27(4)24(22)29/h6-13,16-17H,5,14-15H2,1-4H3/t17-/m1/s1. The third-order valence-electron chi connectivity index (χ3n) is 5.52. The summed E-state index contributed by atoms with van der Waals surface area (Å²) in [6.07, 6.45) is 2.57. The van der Waals surface area contributed by atoms with Crippen molar-refractivity contribution in [3.63, 3.8) is 0 Å². The first-order valence-corrected chi connectivity index (χ1v) is 10.6. The van der Waals surface area contributed by atoms with E-state index in [1.54, 1.807) is 24.3 Å². The van der Waals surface area contributed by atoms with Gasteiger partial charge in [-0.15, -0.1) is 0 Å². The highest BCUT2D eigenvalue weighted by molar-refractivity contribution is 6.30. The second kappa shape index (κ2) is 10.1. The van der Waals surface area contributed by atoms with Crippen LogP contribution in [0.5, 0.6) is 11.5 Å². The molecule has 2 aromatic carbocycles. The molecule has 1 atom stereocenters. The van der Waals surface area contributed by atoms with Crippen LogP contribution in [-0.2, 0) is 9.59 Å². The van der Waals surface area contributed by atoms with E-state index in [0.29, 0.717) is 30.4 Å². The summed E-state index contributed by atoms with van der Waals surface area (Å²) in [4.78, 5) is 38.2. The van der Waals surface area contributed by atoms with Crippen molar-refractivity contribution in [2.24, 2.45) is 0 Å². The highest BCUT2D eigenvalue weighted by atomic mass is 16.5. The lowest BCUT2D eigenvalue weighted by molar-refractivity contribution is -0.134. The molecule has 0 saturated carbocycles. The van der Waals surface area contributed by atoms with Gasteiger partial charge in [-0.05, 0) is 53.8 Å². The molecule has 1 aliphatic rings. The zero-order valence-electron chi connectivity index (χ0n) is 18.8. The average Bonchev–Trinajstić information content (AvgIpc) is 2.82. The molecule has 1 heterocycles. The minimum absolute atomic E-state index is 0.0592. The van der Waals surface area contributed by atoms with Crippen molar-refractivity contribution in [3.8, 4) is 11.5 Å². The van der Waals surface area contributed by atoms with Crippen LogP contribution in [0.4, 0.5) is 4.79 Å². The molecule has 0 bridgehead atoms. The Kier molecular flexibility index (Phi) is 7.30. The summed E-state index contributed by atoms with van der Waals surface area (Å²) in [5.41, 5.74) is 1.89. The van der Waals surface area contributed by atoms with Gasteiger partial charge in [0.2, 0.25) is 0 Å². The Balaban J connectivity index is 1.53. The lowest BCUT2D eigenvalue weighted by Gasteiger charge is -2.28. The number of nitrogens with zero attached hydrogens (tertiary/aromatic N) is 2. The van der Waals surface area contributed by atoms with Gasteiger partial charge in [-0.1, -0.05) is 38.1 Å². The molecule has 0 aromatic heterocycles. The molecule has 1 fully saturated rings. The largest absolute Gasteiger partial charge is 0.490 e. The Morgan fingerprint density at radius 1 is 0.812 bits per heavy atom. The van der Waals surface area contributed by atoms with Crippen molar-refractivity contribution in [1.29, 1.82) is 0 Å². The molecular weight excluding hydrogens is 408 g/mol. The molecule has 0 radical (unpaired) electrons. The number of ether oxygens (including phenoxy) is 2. The highest BCUT2D eigenvalue weighted by Crippen LogP contribution is 2.22. The number of likely N-dealkylation sites (N-methyl/N-ethyl adjacent to an activating group) is 2. The van der Waals surface area contributed by atoms with Gasteiger partial charge in [0.1, 0.15) is 30.3 Å². The molecule has 1 aliphatic heterocycles. The average molecular weight is 437 g/mol. The first-order valence-electron chi connectivity index (χ1n) is 10.6. The number of urea groups is 1. The summed E-state index contributed by atoms with van der Waals surface area (Å²) in [6, 6.07) is 14.5. The van der Waals surface area contributed by atoms with Gasteiger partial charge in [0.05, 0.1) is 0 Å². The van der Waals surface area contributed by atoms with Gasteiger partial charge >= 0.3 is 6.03 Å². The van der Waals surface area contributed by atoms with Crippen LogP contribution in [0.2, 0.25) is 0 Å². The lowest BCUT2D eigenvalue weighted by atomic mass is 9.99. The monoisotopic (exact) mass is 436 g/mol. The molecule has 0 N–H and O–H groups in total. The molecule has 32 heavy (non-hydrogen) atoms. The fraction of sp³-hybridized carbons (Fsp3) is 0.320. The van der Waals surface area contributed by atoms with Crippen LogP contribution < -0.4 is 9.47 Å². The SMILES string of the molecule is CC[C@@H](C)c1ccc(OCCOc2ccc(C=C3C(=O)N(C)C(=O)N(C)C3=O)cc2)cc1. The maximum Gasteiger partial charge on any atom is 0.333 e. The van der Waals surface area contributed by atoms with E-state index < -0.39 is 17.8 Å². The Hall–Kier alpha value is -3.61. The molecule has 1 saturated heterocycles. The number of benzene rings is 2. The zero-order valence-corrected chi connectivity index (χ0v) is 18.8. The number of barbiturate groups is 1. The van der Waals surface area contributed by atoms with E-state index in [4.69, 9.17) is 9.47 Å². The number of amides is 4. The minimum Gasteiger partial charge on any atom is -0.490 e. The van der Waals surface area contributed by atoms with Crippen molar-refractivity contribution in [2.45, 2.75) is 26.2 Å². The van der Waals surface area contributed by atoms with Crippen LogP contribution in [-0.4, -0.2) is 55.0 Å². The van der Waals surface area contributed by atoms with E-state index in [1.165, 1.54) is 25.7 Å². The van der Waals surface area contributed by atoms with Crippen LogP contribution in [0.25, 0.3) is 6.08 Å². The summed E-state index contributed by atoms with van der Waals surface area (Å²) < 4.78 is 11.4. The molecule has 0 unspecified atom stereocenters. The molecule has 7 heteroatoms. The van der Waals surface area contributed by atoms with E-state index >= 15 is 0 Å². The van der Waals surface area contributed by atoms with E-state index in [1.807, 2.05) is 12.1 Å². The predicted octanol–water partition coefficient (Wildman–Crippen LogP) is 4.09. The molecule has 4 amide bonds. The number of carbonyl (C=O) groups excluding carboxylic acids is 3. The molecular formula is C25H28N2O5. The Morgan fingerprint density at radius 2 is 1.28 bits per heavy atom. The number of hydrogen-bond donors (Lipinski definition) is 0. The smallest absolute Gasteiger partial charge is 0.333 e. The first kappa shape index (κ1) is 23.1. The quantitative estimate of drug-likeness (QED) is 0.354. The molecule has 0 aliphatic carbocycles. The van der Waals surface area contributed by atoms with Gasteiger partial charge in [0.25, 0.3) is 11.8 Å². The maximum atomic E-state index is 12.3. The summed E-state index contributed by atoms with van der Waals surface area (Å²) in [5, 5.41) is 0. The normalized spacial score (nSPS) is 15.1. The third-order valence-corrected chi connectivity index (χ3v) is 5.52. The summed E-state index contributed by atoms with van der Waals surface area (Å²) >= 11 is 0. The number of hydrogen-bond acceptors (Lipinski definition) is 5. The van der Waals surface area contributed by atoms with Crippen LogP contribution >= 0.6 is 0 Å². The van der Waals surface area contributed by atoms with Gasteiger partial charge in [-0.2, -0.15) is 0 Å². The van der Waals surface area contributed by atoms with Gasteiger partial charge < -0.3 is 9.47 Å². The van der Waals surface area contributed by atoms with Crippen molar-refractivity contribution in [3.05, 3.63) is 65.2 Å². The van der Waals surface area contributed by atoms with Gasteiger partial charge in [0, 0.05) is 14.1 Å². The summed E-state index contributed by atoms with van der Waals surface area (Å²) in [6.45, 7) is 5.16. The van der Waals surface area contributed by atoms with Crippen molar-refractivity contribution in [1.82, 2.24) is 9.80 Å². The first-order chi connectivity index (χ1) is 15.3. The fourth-order valence-electron chi connectivity index (χ4n) is 3.25.